The summed E-state index contributed by atoms with van der Waals surface area (Å²) >= 11 is 6.42. The van der Waals surface area contributed by atoms with Crippen molar-refractivity contribution in [3.8, 4) is 23.0 Å². The first kappa shape index (κ1) is 23.1. The number of pyridine rings is 1. The van der Waals surface area contributed by atoms with Crippen molar-refractivity contribution >= 4 is 34.4 Å². The molecule has 4 aromatic rings. The molecule has 0 spiro atoms. The Morgan fingerprint density at radius 3 is 2.47 bits per heavy atom. The molecule has 0 atom stereocenters. The second kappa shape index (κ2) is 10.2. The van der Waals surface area contributed by atoms with Crippen molar-refractivity contribution in [1.82, 2.24) is 10.3 Å². The van der Waals surface area contributed by atoms with E-state index in [9.17, 15) is 9.59 Å². The normalized spacial score (nSPS) is 10.6. The van der Waals surface area contributed by atoms with Crippen LogP contribution in [0.5, 0.6) is 23.0 Å². The van der Waals surface area contributed by atoms with Gasteiger partial charge in [0.15, 0.2) is 0 Å². The van der Waals surface area contributed by atoms with Gasteiger partial charge >= 0.3 is 5.97 Å². The second-order valence-electron chi connectivity index (χ2n) is 7.28. The zero-order chi connectivity index (χ0) is 24.1. The number of hydrogen-bond acceptors (Lipinski definition) is 6. The number of methoxy groups -OCH3 is 1. The summed E-state index contributed by atoms with van der Waals surface area (Å²) in [5.74, 6) is 1.13. The molecule has 1 amide bonds. The zero-order valence-corrected chi connectivity index (χ0v) is 19.3. The van der Waals surface area contributed by atoms with Crippen LogP contribution in [0, 0.1) is 0 Å². The fourth-order valence-corrected chi connectivity index (χ4v) is 3.63. The van der Waals surface area contributed by atoms with Crippen LogP contribution in [-0.2, 0) is 11.2 Å². The minimum Gasteiger partial charge on any atom is -0.496 e. The minimum atomic E-state index is -0.419. The summed E-state index contributed by atoms with van der Waals surface area (Å²) in [6.45, 7) is 0. The molecule has 4 rings (SSSR count). The van der Waals surface area contributed by atoms with Crippen LogP contribution in [0.4, 0.5) is 0 Å². The molecule has 0 aliphatic carbocycles. The van der Waals surface area contributed by atoms with Crippen LogP contribution in [0.15, 0.2) is 72.9 Å². The van der Waals surface area contributed by atoms with E-state index in [-0.39, 0.29) is 12.3 Å². The fourth-order valence-electron chi connectivity index (χ4n) is 3.39. The van der Waals surface area contributed by atoms with Gasteiger partial charge in [-0.05, 0) is 42.0 Å². The lowest BCUT2D eigenvalue weighted by molar-refractivity contribution is -0.133. The Morgan fingerprint density at radius 2 is 1.76 bits per heavy atom. The standard InChI is InChI=1S/C26H21ClN2O5/c1-28-26(31)20-14-19-22(15-24(20)32-2)29-11-10-23(19)33-18-9-8-16(21(27)13-18)12-25(30)34-17-6-4-3-5-7-17/h3-11,13-15H,12H2,1-2H3,(H,28,31). The van der Waals surface area contributed by atoms with E-state index >= 15 is 0 Å². The van der Waals surface area contributed by atoms with Crippen LogP contribution in [0.1, 0.15) is 15.9 Å². The van der Waals surface area contributed by atoms with Crippen molar-refractivity contribution in [1.29, 1.82) is 0 Å². The molecule has 1 N–H and O–H groups in total. The zero-order valence-electron chi connectivity index (χ0n) is 18.5. The number of ether oxygens (including phenoxy) is 3. The molecule has 34 heavy (non-hydrogen) atoms. The molecule has 0 bridgehead atoms. The summed E-state index contributed by atoms with van der Waals surface area (Å²) in [5.41, 5.74) is 1.58. The van der Waals surface area contributed by atoms with E-state index < -0.39 is 5.97 Å². The SMILES string of the molecule is CNC(=O)c1cc2c(Oc3ccc(CC(=O)Oc4ccccc4)c(Cl)c3)ccnc2cc1OC. The highest BCUT2D eigenvalue weighted by Gasteiger charge is 2.16. The quantitative estimate of drug-likeness (QED) is 0.291. The third-order valence-electron chi connectivity index (χ3n) is 5.06. The summed E-state index contributed by atoms with van der Waals surface area (Å²) < 4.78 is 16.7. The maximum atomic E-state index is 12.3. The molecule has 0 unspecified atom stereocenters. The molecule has 1 heterocycles. The van der Waals surface area contributed by atoms with Crippen molar-refractivity contribution in [2.24, 2.45) is 0 Å². The van der Waals surface area contributed by atoms with Crippen molar-refractivity contribution in [2.75, 3.05) is 14.2 Å². The van der Waals surface area contributed by atoms with Crippen LogP contribution in [0.2, 0.25) is 5.02 Å². The van der Waals surface area contributed by atoms with Crippen LogP contribution < -0.4 is 19.5 Å². The third-order valence-corrected chi connectivity index (χ3v) is 5.41. The van der Waals surface area contributed by atoms with E-state index in [1.54, 1.807) is 73.9 Å². The number of aromatic nitrogens is 1. The molecule has 0 aliphatic heterocycles. The number of fused-ring (bicyclic) bond motifs is 1. The maximum absolute atomic E-state index is 12.3. The van der Waals surface area contributed by atoms with Gasteiger partial charge in [-0.1, -0.05) is 35.9 Å². The number of nitrogens with zero attached hydrogens (tertiary/aromatic N) is 1. The van der Waals surface area contributed by atoms with Crippen LogP contribution in [0.3, 0.4) is 0 Å². The first-order valence-corrected chi connectivity index (χ1v) is 10.8. The van der Waals surface area contributed by atoms with Gasteiger partial charge in [0.1, 0.15) is 23.0 Å². The summed E-state index contributed by atoms with van der Waals surface area (Å²) in [5, 5.41) is 3.60. The van der Waals surface area contributed by atoms with Crippen LogP contribution in [-0.4, -0.2) is 31.0 Å². The number of halogens is 1. The minimum absolute atomic E-state index is 0.0154. The highest BCUT2D eigenvalue weighted by atomic mass is 35.5. The third kappa shape index (κ3) is 5.10. The molecule has 1 aromatic heterocycles. The van der Waals surface area contributed by atoms with Gasteiger partial charge in [-0.15, -0.1) is 0 Å². The number of rotatable bonds is 7. The Hall–Kier alpha value is -4.10. The van der Waals surface area contributed by atoms with Gasteiger partial charge in [-0.2, -0.15) is 0 Å². The van der Waals surface area contributed by atoms with Gasteiger partial charge in [0.05, 0.1) is 24.6 Å². The van der Waals surface area contributed by atoms with Crippen molar-refractivity contribution in [2.45, 2.75) is 6.42 Å². The molecular formula is C26H21ClN2O5. The smallest absolute Gasteiger partial charge is 0.315 e. The van der Waals surface area contributed by atoms with Gasteiger partial charge in [-0.25, -0.2) is 0 Å². The number of nitrogens with one attached hydrogen (secondary N) is 1. The molecule has 3 aromatic carbocycles. The first-order chi connectivity index (χ1) is 16.5. The van der Waals surface area contributed by atoms with Gasteiger partial charge in [0.25, 0.3) is 5.91 Å². The molecule has 8 heteroatoms. The molecule has 0 radical (unpaired) electrons. The van der Waals surface area contributed by atoms with Gasteiger partial charge in [0, 0.05) is 29.7 Å². The number of amides is 1. The van der Waals surface area contributed by atoms with E-state index in [1.807, 2.05) is 6.07 Å². The summed E-state index contributed by atoms with van der Waals surface area (Å²) in [6.07, 6.45) is 1.62. The van der Waals surface area contributed by atoms with Crippen LogP contribution >= 0.6 is 11.6 Å². The highest BCUT2D eigenvalue weighted by Crippen LogP contribution is 2.34. The first-order valence-electron chi connectivity index (χ1n) is 10.4. The summed E-state index contributed by atoms with van der Waals surface area (Å²) in [4.78, 5) is 28.9. The Labute approximate surface area is 201 Å². The second-order valence-corrected chi connectivity index (χ2v) is 7.68. The predicted octanol–water partition coefficient (Wildman–Crippen LogP) is 5.20. The summed E-state index contributed by atoms with van der Waals surface area (Å²) in [7, 11) is 3.04. The van der Waals surface area contributed by atoms with E-state index in [1.165, 1.54) is 7.11 Å². The lowest BCUT2D eigenvalue weighted by atomic mass is 10.1. The van der Waals surface area contributed by atoms with Crippen molar-refractivity contribution in [3.05, 3.63) is 89.1 Å². The molecule has 0 saturated carbocycles. The van der Waals surface area contributed by atoms with E-state index in [4.69, 9.17) is 25.8 Å². The molecule has 0 aliphatic rings. The molecule has 0 saturated heterocycles. The van der Waals surface area contributed by atoms with E-state index in [2.05, 4.69) is 10.3 Å². The van der Waals surface area contributed by atoms with Gasteiger partial charge in [-0.3, -0.25) is 14.6 Å². The van der Waals surface area contributed by atoms with Gasteiger partial charge in [0.2, 0.25) is 0 Å². The maximum Gasteiger partial charge on any atom is 0.315 e. The number of hydrogen-bond donors (Lipinski definition) is 1. The number of benzene rings is 3. The van der Waals surface area contributed by atoms with Crippen LogP contribution in [0.25, 0.3) is 10.9 Å². The van der Waals surface area contributed by atoms with E-state index in [0.717, 1.165) is 0 Å². The Morgan fingerprint density at radius 1 is 0.971 bits per heavy atom. The monoisotopic (exact) mass is 476 g/mol. The molecule has 172 valence electrons. The summed E-state index contributed by atoms with van der Waals surface area (Å²) in [6, 6.07) is 18.9. The average Bonchev–Trinajstić information content (AvgIpc) is 2.85. The average molecular weight is 477 g/mol. The Kier molecular flexibility index (Phi) is 6.94. The number of carbonyl (C=O) groups is 2. The number of carbonyl (C=O) groups excluding carboxylic acids is 2. The molecular weight excluding hydrogens is 456 g/mol. The largest absolute Gasteiger partial charge is 0.496 e. The number of para-hydroxylation sites is 1. The fraction of sp³-hybridized carbons (Fsp3) is 0.115. The van der Waals surface area contributed by atoms with Crippen molar-refractivity contribution in [3.63, 3.8) is 0 Å². The molecule has 0 fully saturated rings. The number of esters is 1. The Bertz CT molecular complexity index is 1360. The molecule has 7 nitrogen and oxygen atoms in total. The Balaban J connectivity index is 1.57. The highest BCUT2D eigenvalue weighted by molar-refractivity contribution is 6.31. The predicted molar refractivity (Wildman–Crippen MR) is 129 cm³/mol. The van der Waals surface area contributed by atoms with Gasteiger partial charge < -0.3 is 19.5 Å². The lowest BCUT2D eigenvalue weighted by Gasteiger charge is -2.13. The van der Waals surface area contributed by atoms with E-state index in [0.29, 0.717) is 50.1 Å². The topological polar surface area (TPSA) is 86.8 Å². The lowest BCUT2D eigenvalue weighted by Crippen LogP contribution is -2.18. The van der Waals surface area contributed by atoms with Crippen molar-refractivity contribution < 1.29 is 23.8 Å².